The van der Waals surface area contributed by atoms with Crippen LogP contribution in [0, 0.1) is 5.82 Å². The highest BCUT2D eigenvalue weighted by atomic mass is 19.1. The minimum Gasteiger partial charge on any atom is -0.489 e. The van der Waals surface area contributed by atoms with E-state index >= 15 is 0 Å². The normalized spacial score (nSPS) is 12.0. The molecule has 2 amide bonds. The monoisotopic (exact) mass is 415 g/mol. The Morgan fingerprint density at radius 3 is 2.50 bits per heavy atom. The molecule has 2 rings (SSSR count). The van der Waals surface area contributed by atoms with E-state index in [4.69, 9.17) is 10.5 Å². The molecule has 1 unspecified atom stereocenters. The van der Waals surface area contributed by atoms with E-state index in [2.05, 4.69) is 20.9 Å². The maximum absolute atomic E-state index is 13.2. The van der Waals surface area contributed by atoms with Crippen molar-refractivity contribution in [2.24, 2.45) is 10.7 Å². The van der Waals surface area contributed by atoms with E-state index in [0.717, 1.165) is 5.56 Å². The number of hydrogen-bond donors (Lipinski definition) is 4. The SMILES string of the molecule is CN=C(NCc1ccc(C(=O)NCC(N)=O)cc1)NCC(C)Oc1cccc(F)c1. The fourth-order valence-electron chi connectivity index (χ4n) is 2.50. The fourth-order valence-corrected chi connectivity index (χ4v) is 2.50. The lowest BCUT2D eigenvalue weighted by atomic mass is 10.1. The number of carbonyl (C=O) groups is 2. The van der Waals surface area contributed by atoms with Crippen molar-refractivity contribution in [2.45, 2.75) is 19.6 Å². The second-order valence-electron chi connectivity index (χ2n) is 6.54. The van der Waals surface area contributed by atoms with Crippen LogP contribution in [0.25, 0.3) is 0 Å². The average molecular weight is 415 g/mol. The van der Waals surface area contributed by atoms with Crippen molar-refractivity contribution >= 4 is 17.8 Å². The van der Waals surface area contributed by atoms with E-state index in [1.54, 1.807) is 43.4 Å². The summed E-state index contributed by atoms with van der Waals surface area (Å²) in [4.78, 5) is 26.8. The topological polar surface area (TPSA) is 118 Å². The molecule has 0 aliphatic rings. The van der Waals surface area contributed by atoms with Gasteiger partial charge in [0.25, 0.3) is 5.91 Å². The maximum Gasteiger partial charge on any atom is 0.251 e. The van der Waals surface area contributed by atoms with Gasteiger partial charge in [0, 0.05) is 25.2 Å². The fraction of sp³-hybridized carbons (Fsp3) is 0.286. The number of nitrogens with two attached hydrogens (primary N) is 1. The number of amides is 2. The van der Waals surface area contributed by atoms with Gasteiger partial charge in [-0.15, -0.1) is 0 Å². The first-order chi connectivity index (χ1) is 14.4. The van der Waals surface area contributed by atoms with Gasteiger partial charge in [0.1, 0.15) is 17.7 Å². The Morgan fingerprint density at radius 2 is 1.87 bits per heavy atom. The number of guanidine groups is 1. The maximum atomic E-state index is 13.2. The van der Waals surface area contributed by atoms with E-state index in [1.807, 2.05) is 6.92 Å². The van der Waals surface area contributed by atoms with Gasteiger partial charge in [0.05, 0.1) is 13.1 Å². The first-order valence-electron chi connectivity index (χ1n) is 9.39. The Morgan fingerprint density at radius 1 is 1.13 bits per heavy atom. The molecule has 0 spiro atoms. The third-order valence-electron chi connectivity index (χ3n) is 4.01. The molecule has 0 aliphatic heterocycles. The average Bonchev–Trinajstić information content (AvgIpc) is 2.72. The predicted octanol–water partition coefficient (Wildman–Crippen LogP) is 1.17. The molecule has 9 heteroatoms. The first kappa shape index (κ1) is 22.7. The quantitative estimate of drug-likeness (QED) is 0.362. The molecular formula is C21H26FN5O3. The van der Waals surface area contributed by atoms with Gasteiger partial charge < -0.3 is 26.4 Å². The number of ether oxygens (including phenoxy) is 1. The summed E-state index contributed by atoms with van der Waals surface area (Å²) in [5, 5.41) is 8.74. The molecule has 0 fully saturated rings. The zero-order valence-corrected chi connectivity index (χ0v) is 16.9. The van der Waals surface area contributed by atoms with Gasteiger partial charge in [-0.2, -0.15) is 0 Å². The third kappa shape index (κ3) is 7.78. The van der Waals surface area contributed by atoms with E-state index < -0.39 is 5.91 Å². The van der Waals surface area contributed by atoms with E-state index in [-0.39, 0.29) is 24.4 Å². The summed E-state index contributed by atoms with van der Waals surface area (Å²) < 4.78 is 18.9. The van der Waals surface area contributed by atoms with E-state index in [9.17, 15) is 14.0 Å². The van der Waals surface area contributed by atoms with E-state index in [0.29, 0.717) is 30.4 Å². The minimum atomic E-state index is -0.598. The zero-order valence-electron chi connectivity index (χ0n) is 16.9. The van der Waals surface area contributed by atoms with Crippen LogP contribution < -0.4 is 26.4 Å². The largest absolute Gasteiger partial charge is 0.489 e. The van der Waals surface area contributed by atoms with Gasteiger partial charge in [-0.25, -0.2) is 4.39 Å². The summed E-state index contributed by atoms with van der Waals surface area (Å²) in [6.07, 6.45) is -0.205. The highest BCUT2D eigenvalue weighted by Gasteiger charge is 2.08. The van der Waals surface area contributed by atoms with Crippen LogP contribution in [-0.2, 0) is 11.3 Å². The Kier molecular flexibility index (Phi) is 8.61. The van der Waals surface area contributed by atoms with Crippen LogP contribution in [0.15, 0.2) is 53.5 Å². The van der Waals surface area contributed by atoms with Crippen LogP contribution in [-0.4, -0.2) is 44.0 Å². The summed E-state index contributed by atoms with van der Waals surface area (Å²) in [5.74, 6) is -0.265. The number of aliphatic imine (C=N–C) groups is 1. The van der Waals surface area contributed by atoms with Gasteiger partial charge in [-0.1, -0.05) is 18.2 Å². The number of rotatable bonds is 9. The van der Waals surface area contributed by atoms with Crippen LogP contribution in [0.1, 0.15) is 22.8 Å². The Balaban J connectivity index is 1.78. The van der Waals surface area contributed by atoms with E-state index in [1.165, 1.54) is 12.1 Å². The Labute approximate surface area is 174 Å². The van der Waals surface area contributed by atoms with Crippen LogP contribution in [0.4, 0.5) is 4.39 Å². The molecule has 0 saturated carbocycles. The molecule has 0 heterocycles. The lowest BCUT2D eigenvalue weighted by Crippen LogP contribution is -2.41. The van der Waals surface area contributed by atoms with Crippen LogP contribution >= 0.6 is 0 Å². The van der Waals surface area contributed by atoms with Gasteiger partial charge in [0.15, 0.2) is 5.96 Å². The molecule has 0 saturated heterocycles. The molecule has 8 nitrogen and oxygen atoms in total. The van der Waals surface area contributed by atoms with Crippen LogP contribution in [0.3, 0.4) is 0 Å². The molecule has 0 radical (unpaired) electrons. The van der Waals surface area contributed by atoms with Crippen LogP contribution in [0.2, 0.25) is 0 Å². The smallest absolute Gasteiger partial charge is 0.251 e. The summed E-state index contributed by atoms with van der Waals surface area (Å²) in [5.41, 5.74) is 6.38. The minimum absolute atomic E-state index is 0.203. The molecule has 2 aromatic rings. The molecule has 1 atom stereocenters. The molecule has 2 aromatic carbocycles. The Hall–Kier alpha value is -3.62. The van der Waals surface area contributed by atoms with Crippen molar-refractivity contribution in [2.75, 3.05) is 20.1 Å². The van der Waals surface area contributed by atoms with Crippen molar-refractivity contribution in [3.63, 3.8) is 0 Å². The van der Waals surface area contributed by atoms with Crippen molar-refractivity contribution in [3.8, 4) is 5.75 Å². The summed E-state index contributed by atoms with van der Waals surface area (Å²) in [6, 6.07) is 12.9. The highest BCUT2D eigenvalue weighted by Crippen LogP contribution is 2.13. The first-order valence-corrected chi connectivity index (χ1v) is 9.39. The van der Waals surface area contributed by atoms with Gasteiger partial charge in [-0.05, 0) is 36.8 Å². The molecule has 0 bridgehead atoms. The number of hydrogen-bond acceptors (Lipinski definition) is 4. The molecule has 160 valence electrons. The molecule has 5 N–H and O–H groups in total. The Bertz CT molecular complexity index is 886. The zero-order chi connectivity index (χ0) is 21.9. The lowest BCUT2D eigenvalue weighted by molar-refractivity contribution is -0.117. The number of nitrogens with one attached hydrogen (secondary N) is 3. The van der Waals surface area contributed by atoms with Crippen molar-refractivity contribution in [1.82, 2.24) is 16.0 Å². The summed E-state index contributed by atoms with van der Waals surface area (Å²) >= 11 is 0. The standard InChI is InChI=1S/C21H26FN5O3/c1-14(30-18-5-3-4-17(22)10-18)11-26-21(24-2)27-12-15-6-8-16(9-7-15)20(29)25-13-19(23)28/h3-10,14H,11-13H2,1-2H3,(H2,23,28)(H,25,29)(H2,24,26,27). The van der Waals surface area contributed by atoms with Gasteiger partial charge in [-0.3, -0.25) is 14.6 Å². The number of benzene rings is 2. The van der Waals surface area contributed by atoms with Crippen LogP contribution in [0.5, 0.6) is 5.75 Å². The summed E-state index contributed by atoms with van der Waals surface area (Å²) in [6.45, 7) is 2.62. The highest BCUT2D eigenvalue weighted by molar-refractivity contribution is 5.96. The third-order valence-corrected chi connectivity index (χ3v) is 4.01. The van der Waals surface area contributed by atoms with Crippen molar-refractivity contribution < 1.29 is 18.7 Å². The molecule has 0 aliphatic carbocycles. The molecular weight excluding hydrogens is 389 g/mol. The lowest BCUT2D eigenvalue weighted by Gasteiger charge is -2.18. The van der Waals surface area contributed by atoms with Crippen molar-refractivity contribution in [3.05, 3.63) is 65.5 Å². The number of carbonyl (C=O) groups excluding carboxylic acids is 2. The number of primary amides is 1. The second-order valence-corrected chi connectivity index (χ2v) is 6.54. The second kappa shape index (κ2) is 11.4. The summed E-state index contributed by atoms with van der Waals surface area (Å²) in [7, 11) is 1.65. The number of halogens is 1. The molecule has 0 aromatic heterocycles. The van der Waals surface area contributed by atoms with Crippen molar-refractivity contribution in [1.29, 1.82) is 0 Å². The predicted molar refractivity (Wildman–Crippen MR) is 113 cm³/mol. The molecule has 30 heavy (non-hydrogen) atoms. The number of nitrogens with zero attached hydrogens (tertiary/aromatic N) is 1. The van der Waals surface area contributed by atoms with Gasteiger partial charge >= 0.3 is 0 Å². The van der Waals surface area contributed by atoms with Gasteiger partial charge in [0.2, 0.25) is 5.91 Å².